The van der Waals surface area contributed by atoms with Gasteiger partial charge in [0.15, 0.2) is 0 Å². The van der Waals surface area contributed by atoms with E-state index in [0.29, 0.717) is 6.54 Å². The lowest BCUT2D eigenvalue weighted by Gasteiger charge is -2.36. The van der Waals surface area contributed by atoms with Crippen molar-refractivity contribution in [1.82, 2.24) is 14.8 Å². The minimum Gasteiger partial charge on any atom is -0.354 e. The topological polar surface area (TPSA) is 39.7 Å². The van der Waals surface area contributed by atoms with E-state index in [-0.39, 0.29) is 5.91 Å². The summed E-state index contributed by atoms with van der Waals surface area (Å²) in [5.74, 6) is 1.27. The van der Waals surface area contributed by atoms with E-state index in [2.05, 4.69) is 45.1 Å². The number of benzene rings is 1. The fraction of sp³-hybridized carbons (Fsp3) is 0.364. The van der Waals surface area contributed by atoms with Gasteiger partial charge in [-0.2, -0.15) is 0 Å². The minimum absolute atomic E-state index is 0.240. The molecule has 1 aromatic carbocycles. The van der Waals surface area contributed by atoms with E-state index in [0.717, 1.165) is 51.5 Å². The smallest absolute Gasteiger partial charge is 0.237 e. The summed E-state index contributed by atoms with van der Waals surface area (Å²) in [6.45, 7) is 5.70. The lowest BCUT2D eigenvalue weighted by molar-refractivity contribution is -0.132. The van der Waals surface area contributed by atoms with Crippen LogP contribution < -0.4 is 4.90 Å². The molecular weight excluding hydrogens is 336 g/mol. The number of piperazine rings is 1. The van der Waals surface area contributed by atoms with Gasteiger partial charge < -0.3 is 9.80 Å². The van der Waals surface area contributed by atoms with E-state index < -0.39 is 0 Å². The molecule has 4 rings (SSSR count). The molecule has 1 aromatic heterocycles. The lowest BCUT2D eigenvalue weighted by Crippen LogP contribution is -2.50. The molecule has 1 saturated heterocycles. The van der Waals surface area contributed by atoms with Crippen LogP contribution in [0.5, 0.6) is 0 Å². The Labute approximate surface area is 160 Å². The highest BCUT2D eigenvalue weighted by Gasteiger charge is 2.23. The summed E-state index contributed by atoms with van der Waals surface area (Å²) in [6, 6.07) is 16.5. The maximum Gasteiger partial charge on any atom is 0.237 e. The Morgan fingerprint density at radius 3 is 2.37 bits per heavy atom. The number of anilines is 1. The van der Waals surface area contributed by atoms with Crippen molar-refractivity contribution in [3.05, 3.63) is 66.4 Å². The first-order valence-electron chi connectivity index (χ1n) is 9.70. The predicted octanol–water partition coefficient (Wildman–Crippen LogP) is 2.52. The van der Waals surface area contributed by atoms with E-state index in [1.807, 2.05) is 35.4 Å². The average Bonchev–Trinajstić information content (AvgIpc) is 2.76. The van der Waals surface area contributed by atoms with Gasteiger partial charge in [-0.1, -0.05) is 42.5 Å². The van der Waals surface area contributed by atoms with Crippen LogP contribution in [-0.2, 0) is 4.79 Å². The van der Waals surface area contributed by atoms with Crippen LogP contribution in [0.1, 0.15) is 12.0 Å². The van der Waals surface area contributed by atoms with Gasteiger partial charge in [-0.25, -0.2) is 4.98 Å². The van der Waals surface area contributed by atoms with Gasteiger partial charge in [0.25, 0.3) is 0 Å². The molecule has 0 unspecified atom stereocenters. The SMILES string of the molecule is O=C(CN1CCN(c2ccccn2)CC1)N1CC=C(c2ccccc2)CC1. The number of hydrogen-bond donors (Lipinski definition) is 0. The molecule has 2 aliphatic heterocycles. The van der Waals surface area contributed by atoms with Crippen molar-refractivity contribution in [2.45, 2.75) is 6.42 Å². The zero-order chi connectivity index (χ0) is 18.5. The second-order valence-electron chi connectivity index (χ2n) is 7.14. The van der Waals surface area contributed by atoms with Crippen LogP contribution in [0.25, 0.3) is 5.57 Å². The first kappa shape index (κ1) is 17.7. The van der Waals surface area contributed by atoms with Gasteiger partial charge in [0.2, 0.25) is 5.91 Å². The molecule has 5 nitrogen and oxygen atoms in total. The van der Waals surface area contributed by atoms with E-state index in [1.165, 1.54) is 11.1 Å². The van der Waals surface area contributed by atoms with Crippen LogP contribution in [-0.4, -0.2) is 66.5 Å². The maximum atomic E-state index is 12.7. The van der Waals surface area contributed by atoms with Crippen molar-refractivity contribution >= 4 is 17.3 Å². The molecule has 27 heavy (non-hydrogen) atoms. The highest BCUT2D eigenvalue weighted by Crippen LogP contribution is 2.22. The standard InChI is InChI=1S/C22H26N4O/c27-22(26-12-9-20(10-13-26)19-6-2-1-3-7-19)18-24-14-16-25(17-15-24)21-8-4-5-11-23-21/h1-9,11H,10,12-18H2. The average molecular weight is 362 g/mol. The van der Waals surface area contributed by atoms with Crippen LogP contribution in [0.4, 0.5) is 5.82 Å². The van der Waals surface area contributed by atoms with Crippen LogP contribution in [0.15, 0.2) is 60.8 Å². The van der Waals surface area contributed by atoms with Gasteiger partial charge in [0.05, 0.1) is 6.54 Å². The fourth-order valence-electron chi connectivity index (χ4n) is 3.78. The van der Waals surface area contributed by atoms with Crippen LogP contribution >= 0.6 is 0 Å². The van der Waals surface area contributed by atoms with Crippen LogP contribution in [0.3, 0.4) is 0 Å². The summed E-state index contributed by atoms with van der Waals surface area (Å²) in [5, 5.41) is 0. The summed E-state index contributed by atoms with van der Waals surface area (Å²) >= 11 is 0. The first-order valence-corrected chi connectivity index (χ1v) is 9.70. The molecule has 3 heterocycles. The molecule has 140 valence electrons. The van der Waals surface area contributed by atoms with Crippen molar-refractivity contribution in [3.63, 3.8) is 0 Å². The second-order valence-corrected chi connectivity index (χ2v) is 7.14. The fourth-order valence-corrected chi connectivity index (χ4v) is 3.78. The van der Waals surface area contributed by atoms with Crippen LogP contribution in [0, 0.1) is 0 Å². The molecule has 2 aliphatic rings. The van der Waals surface area contributed by atoms with Crippen molar-refractivity contribution in [2.75, 3.05) is 50.7 Å². The largest absolute Gasteiger partial charge is 0.354 e. The third-order valence-electron chi connectivity index (χ3n) is 5.41. The summed E-state index contributed by atoms with van der Waals surface area (Å²) in [4.78, 5) is 23.6. The quantitative estimate of drug-likeness (QED) is 0.838. The van der Waals surface area contributed by atoms with Crippen LogP contribution in [0.2, 0.25) is 0 Å². The van der Waals surface area contributed by atoms with E-state index >= 15 is 0 Å². The Bertz CT molecular complexity index is 782. The highest BCUT2D eigenvalue weighted by atomic mass is 16.2. The highest BCUT2D eigenvalue weighted by molar-refractivity contribution is 5.80. The molecule has 1 amide bonds. The molecule has 5 heteroatoms. The third-order valence-corrected chi connectivity index (χ3v) is 5.41. The zero-order valence-corrected chi connectivity index (χ0v) is 15.6. The van der Waals surface area contributed by atoms with Gasteiger partial charge >= 0.3 is 0 Å². The number of aromatic nitrogens is 1. The molecule has 0 atom stereocenters. The molecule has 0 aliphatic carbocycles. The van der Waals surface area contributed by atoms with Gasteiger partial charge in [-0.05, 0) is 29.7 Å². The third kappa shape index (κ3) is 4.37. The van der Waals surface area contributed by atoms with Crippen molar-refractivity contribution in [2.24, 2.45) is 0 Å². The van der Waals surface area contributed by atoms with Gasteiger partial charge in [0.1, 0.15) is 5.82 Å². The molecule has 2 aromatic rings. The van der Waals surface area contributed by atoms with Crippen molar-refractivity contribution < 1.29 is 4.79 Å². The Balaban J connectivity index is 1.26. The Morgan fingerprint density at radius 1 is 0.926 bits per heavy atom. The maximum absolute atomic E-state index is 12.7. The van der Waals surface area contributed by atoms with Gasteiger partial charge in [-0.3, -0.25) is 9.69 Å². The summed E-state index contributed by atoms with van der Waals surface area (Å²) in [6.07, 6.45) is 4.97. The number of pyridine rings is 1. The molecule has 0 saturated carbocycles. The number of nitrogens with zero attached hydrogens (tertiary/aromatic N) is 4. The van der Waals surface area contributed by atoms with Gasteiger partial charge in [0, 0.05) is 45.5 Å². The first-order chi connectivity index (χ1) is 13.3. The Kier molecular flexibility index (Phi) is 5.49. The number of carbonyl (C=O) groups is 1. The second kappa shape index (κ2) is 8.35. The monoisotopic (exact) mass is 362 g/mol. The molecule has 0 bridgehead atoms. The predicted molar refractivity (Wildman–Crippen MR) is 109 cm³/mol. The summed E-state index contributed by atoms with van der Waals surface area (Å²) < 4.78 is 0. The van der Waals surface area contributed by atoms with E-state index in [9.17, 15) is 4.79 Å². The Morgan fingerprint density at radius 2 is 1.70 bits per heavy atom. The number of carbonyl (C=O) groups excluding carboxylic acids is 1. The summed E-state index contributed by atoms with van der Waals surface area (Å²) in [7, 11) is 0. The normalized spacial score (nSPS) is 18.3. The van der Waals surface area contributed by atoms with E-state index in [1.54, 1.807) is 0 Å². The minimum atomic E-state index is 0.240. The molecule has 0 radical (unpaired) electrons. The number of amides is 1. The van der Waals surface area contributed by atoms with Gasteiger partial charge in [-0.15, -0.1) is 0 Å². The molecule has 0 spiro atoms. The summed E-state index contributed by atoms with van der Waals surface area (Å²) in [5.41, 5.74) is 2.62. The molecule has 1 fully saturated rings. The zero-order valence-electron chi connectivity index (χ0n) is 15.6. The number of rotatable bonds is 4. The molecule has 0 N–H and O–H groups in total. The number of hydrogen-bond acceptors (Lipinski definition) is 4. The van der Waals surface area contributed by atoms with Crippen molar-refractivity contribution in [3.8, 4) is 0 Å². The van der Waals surface area contributed by atoms with E-state index in [4.69, 9.17) is 0 Å². The van der Waals surface area contributed by atoms with Crippen molar-refractivity contribution in [1.29, 1.82) is 0 Å². The Hall–Kier alpha value is -2.66. The molecular formula is C22H26N4O. The lowest BCUT2D eigenvalue weighted by atomic mass is 9.99.